The van der Waals surface area contributed by atoms with Crippen LogP contribution < -0.4 is 5.32 Å². The SMILES string of the molecule is CC(C)(C)CCNCC(C)(C)CC1CCCOC1. The van der Waals surface area contributed by atoms with E-state index in [1.54, 1.807) is 0 Å². The Morgan fingerprint density at radius 3 is 2.44 bits per heavy atom. The van der Waals surface area contributed by atoms with Gasteiger partial charge in [-0.15, -0.1) is 0 Å². The molecule has 0 aromatic heterocycles. The summed E-state index contributed by atoms with van der Waals surface area (Å²) in [5.74, 6) is 0.776. The first-order valence-corrected chi connectivity index (χ1v) is 7.57. The molecule has 1 fully saturated rings. The molecular formula is C16H33NO. The fourth-order valence-electron chi connectivity index (χ4n) is 2.71. The van der Waals surface area contributed by atoms with E-state index in [0.29, 0.717) is 10.8 Å². The summed E-state index contributed by atoms with van der Waals surface area (Å²) in [7, 11) is 0. The van der Waals surface area contributed by atoms with Gasteiger partial charge in [0.1, 0.15) is 0 Å². The lowest BCUT2D eigenvalue weighted by molar-refractivity contribution is 0.0364. The van der Waals surface area contributed by atoms with E-state index in [9.17, 15) is 0 Å². The molecule has 1 aliphatic rings. The van der Waals surface area contributed by atoms with Gasteiger partial charge in [0.05, 0.1) is 0 Å². The molecule has 0 aromatic rings. The summed E-state index contributed by atoms with van der Waals surface area (Å²) in [6.07, 6.45) is 5.13. The molecule has 0 saturated carbocycles. The monoisotopic (exact) mass is 255 g/mol. The van der Waals surface area contributed by atoms with Crippen LogP contribution in [0.1, 0.15) is 60.3 Å². The molecule has 1 heterocycles. The largest absolute Gasteiger partial charge is 0.381 e. The molecule has 0 aliphatic carbocycles. The lowest BCUT2D eigenvalue weighted by Gasteiger charge is -2.32. The van der Waals surface area contributed by atoms with Gasteiger partial charge in [-0.2, -0.15) is 0 Å². The summed E-state index contributed by atoms with van der Waals surface area (Å²) in [6, 6.07) is 0. The van der Waals surface area contributed by atoms with Crippen molar-refractivity contribution < 1.29 is 4.74 Å². The molecule has 0 bridgehead atoms. The van der Waals surface area contributed by atoms with Crippen molar-refractivity contribution in [3.63, 3.8) is 0 Å². The molecule has 1 N–H and O–H groups in total. The van der Waals surface area contributed by atoms with Crippen molar-refractivity contribution in [2.24, 2.45) is 16.7 Å². The number of rotatable bonds is 6. The normalized spacial score (nSPS) is 22.2. The third-order valence-electron chi connectivity index (χ3n) is 3.75. The van der Waals surface area contributed by atoms with Crippen LogP contribution >= 0.6 is 0 Å². The minimum absolute atomic E-state index is 0.392. The highest BCUT2D eigenvalue weighted by atomic mass is 16.5. The van der Waals surface area contributed by atoms with Crippen molar-refractivity contribution in [2.45, 2.75) is 60.3 Å². The maximum atomic E-state index is 5.58. The van der Waals surface area contributed by atoms with E-state index in [1.165, 1.54) is 25.7 Å². The Labute approximate surface area is 114 Å². The standard InChI is InChI=1S/C16H33NO/c1-15(2,3)8-9-17-13-16(4,5)11-14-7-6-10-18-12-14/h14,17H,6-13H2,1-5H3. The molecule has 2 nitrogen and oxygen atoms in total. The first-order chi connectivity index (χ1) is 8.29. The smallest absolute Gasteiger partial charge is 0.0494 e. The second-order valence-corrected chi connectivity index (χ2v) is 7.94. The molecule has 0 amide bonds. The summed E-state index contributed by atoms with van der Waals surface area (Å²) < 4.78 is 5.58. The van der Waals surface area contributed by atoms with Crippen molar-refractivity contribution in [3.05, 3.63) is 0 Å². The van der Waals surface area contributed by atoms with Gasteiger partial charge in [0, 0.05) is 19.8 Å². The molecular weight excluding hydrogens is 222 g/mol. The Kier molecular flexibility index (Phi) is 6.13. The highest BCUT2D eigenvalue weighted by molar-refractivity contribution is 4.77. The first-order valence-electron chi connectivity index (χ1n) is 7.57. The lowest BCUT2D eigenvalue weighted by Crippen LogP contribution is -2.34. The van der Waals surface area contributed by atoms with Gasteiger partial charge in [-0.3, -0.25) is 0 Å². The van der Waals surface area contributed by atoms with Gasteiger partial charge in [-0.25, -0.2) is 0 Å². The quantitative estimate of drug-likeness (QED) is 0.728. The van der Waals surface area contributed by atoms with Gasteiger partial charge in [0.15, 0.2) is 0 Å². The molecule has 1 saturated heterocycles. The van der Waals surface area contributed by atoms with Crippen molar-refractivity contribution in [1.29, 1.82) is 0 Å². The van der Waals surface area contributed by atoms with E-state index in [4.69, 9.17) is 4.74 Å². The second-order valence-electron chi connectivity index (χ2n) is 7.94. The van der Waals surface area contributed by atoms with E-state index < -0.39 is 0 Å². The van der Waals surface area contributed by atoms with Crippen LogP contribution in [0.3, 0.4) is 0 Å². The minimum atomic E-state index is 0.392. The highest BCUT2D eigenvalue weighted by Crippen LogP contribution is 2.29. The molecule has 0 spiro atoms. The van der Waals surface area contributed by atoms with Gasteiger partial charge < -0.3 is 10.1 Å². The van der Waals surface area contributed by atoms with E-state index in [-0.39, 0.29) is 0 Å². The zero-order valence-corrected chi connectivity index (χ0v) is 13.1. The van der Waals surface area contributed by atoms with Crippen molar-refractivity contribution >= 4 is 0 Å². The third kappa shape index (κ3) is 7.38. The third-order valence-corrected chi connectivity index (χ3v) is 3.75. The Balaban J connectivity index is 2.18. The minimum Gasteiger partial charge on any atom is -0.381 e. The van der Waals surface area contributed by atoms with Crippen molar-refractivity contribution in [1.82, 2.24) is 5.32 Å². The molecule has 1 unspecified atom stereocenters. The number of ether oxygens (including phenoxy) is 1. The predicted octanol–water partition coefficient (Wildman–Crippen LogP) is 3.86. The van der Waals surface area contributed by atoms with Crippen LogP contribution in [0.25, 0.3) is 0 Å². The summed E-state index contributed by atoms with van der Waals surface area (Å²) in [4.78, 5) is 0. The van der Waals surface area contributed by atoms with E-state index in [1.807, 2.05) is 0 Å². The first kappa shape index (κ1) is 16.0. The zero-order valence-electron chi connectivity index (χ0n) is 13.1. The number of hydrogen-bond acceptors (Lipinski definition) is 2. The maximum absolute atomic E-state index is 5.58. The van der Waals surface area contributed by atoms with Crippen LogP contribution in [0.5, 0.6) is 0 Å². The zero-order chi connectivity index (χ0) is 13.6. The lowest BCUT2D eigenvalue weighted by atomic mass is 9.80. The Morgan fingerprint density at radius 1 is 1.17 bits per heavy atom. The van der Waals surface area contributed by atoms with E-state index in [0.717, 1.165) is 32.2 Å². The molecule has 1 rings (SSSR count). The van der Waals surface area contributed by atoms with Crippen molar-refractivity contribution in [2.75, 3.05) is 26.3 Å². The average Bonchev–Trinajstić information content (AvgIpc) is 2.24. The topological polar surface area (TPSA) is 21.3 Å². The average molecular weight is 255 g/mol. The van der Waals surface area contributed by atoms with E-state index in [2.05, 4.69) is 39.9 Å². The second kappa shape index (κ2) is 6.91. The van der Waals surface area contributed by atoms with Crippen molar-refractivity contribution in [3.8, 4) is 0 Å². The summed E-state index contributed by atoms with van der Waals surface area (Å²) in [6.45, 7) is 15.9. The fourth-order valence-corrected chi connectivity index (χ4v) is 2.71. The highest BCUT2D eigenvalue weighted by Gasteiger charge is 2.24. The molecule has 108 valence electrons. The number of hydrogen-bond donors (Lipinski definition) is 1. The van der Waals surface area contributed by atoms with Gasteiger partial charge in [-0.05, 0) is 49.0 Å². The molecule has 0 radical (unpaired) electrons. The summed E-state index contributed by atoms with van der Waals surface area (Å²) in [5, 5.41) is 3.63. The maximum Gasteiger partial charge on any atom is 0.0494 e. The van der Waals surface area contributed by atoms with Gasteiger partial charge in [0.2, 0.25) is 0 Å². The summed E-state index contributed by atoms with van der Waals surface area (Å²) >= 11 is 0. The van der Waals surface area contributed by atoms with Crippen LogP contribution in [-0.2, 0) is 4.74 Å². The Morgan fingerprint density at radius 2 is 1.89 bits per heavy atom. The Bertz CT molecular complexity index is 224. The molecule has 1 aliphatic heterocycles. The molecule has 2 heteroatoms. The number of nitrogens with one attached hydrogen (secondary N) is 1. The summed E-state index contributed by atoms with van der Waals surface area (Å²) in [5.41, 5.74) is 0.831. The predicted molar refractivity (Wildman–Crippen MR) is 78.9 cm³/mol. The van der Waals surface area contributed by atoms with Gasteiger partial charge >= 0.3 is 0 Å². The fraction of sp³-hybridized carbons (Fsp3) is 1.00. The van der Waals surface area contributed by atoms with Crippen LogP contribution in [0.15, 0.2) is 0 Å². The van der Waals surface area contributed by atoms with Crippen LogP contribution in [0.2, 0.25) is 0 Å². The van der Waals surface area contributed by atoms with Gasteiger partial charge in [0.25, 0.3) is 0 Å². The van der Waals surface area contributed by atoms with Gasteiger partial charge in [-0.1, -0.05) is 34.6 Å². The molecule has 18 heavy (non-hydrogen) atoms. The Hall–Kier alpha value is -0.0800. The van der Waals surface area contributed by atoms with Crippen LogP contribution in [0, 0.1) is 16.7 Å². The van der Waals surface area contributed by atoms with Crippen LogP contribution in [-0.4, -0.2) is 26.3 Å². The van der Waals surface area contributed by atoms with E-state index >= 15 is 0 Å². The molecule has 0 aromatic carbocycles. The van der Waals surface area contributed by atoms with Crippen LogP contribution in [0.4, 0.5) is 0 Å². The molecule has 1 atom stereocenters.